The lowest BCUT2D eigenvalue weighted by atomic mass is 10.1. The average Bonchev–Trinajstić information content (AvgIpc) is 2.62. The van der Waals surface area contributed by atoms with E-state index in [1.54, 1.807) is 60.7 Å². The lowest BCUT2D eigenvalue weighted by Gasteiger charge is -2.02. The topological polar surface area (TPSA) is 73.9 Å². The zero-order chi connectivity index (χ0) is 18.2. The molecule has 0 heterocycles. The van der Waals surface area contributed by atoms with Crippen LogP contribution in [0.5, 0.6) is 5.75 Å². The molecule has 2 aromatic carbocycles. The molecule has 6 heteroatoms. The Balaban J connectivity index is 2.02. The van der Waals surface area contributed by atoms with Crippen molar-refractivity contribution in [1.29, 1.82) is 10.5 Å². The average molecular weight is 369 g/mol. The Morgan fingerprint density at radius 2 is 1.60 bits per heavy atom. The highest BCUT2D eigenvalue weighted by Gasteiger charge is 2.02. The predicted molar refractivity (Wildman–Crippen MR) is 96.8 cm³/mol. The van der Waals surface area contributed by atoms with Crippen molar-refractivity contribution in [2.75, 3.05) is 0 Å². The Hall–Kier alpha value is -3.05. The molecule has 0 atom stereocenters. The second-order valence-corrected chi connectivity index (χ2v) is 5.59. The SMILES string of the molecule is N#CC(C#N)=Cc1ccc(OC(=O)/C=C/c2ccc(Cl)c(Cl)c2)cc1. The van der Waals surface area contributed by atoms with Crippen molar-refractivity contribution in [2.45, 2.75) is 0 Å². The molecule has 0 amide bonds. The first-order valence-electron chi connectivity index (χ1n) is 6.98. The second-order valence-electron chi connectivity index (χ2n) is 4.78. The smallest absolute Gasteiger partial charge is 0.336 e. The minimum atomic E-state index is -0.552. The molecule has 0 unspecified atom stereocenters. The molecule has 0 radical (unpaired) electrons. The fourth-order valence-corrected chi connectivity index (χ4v) is 2.13. The summed E-state index contributed by atoms with van der Waals surface area (Å²) in [6, 6.07) is 15.0. The number of halogens is 2. The first-order chi connectivity index (χ1) is 12.0. The Bertz CT molecular complexity index is 917. The van der Waals surface area contributed by atoms with Gasteiger partial charge in [0.2, 0.25) is 0 Å². The summed E-state index contributed by atoms with van der Waals surface area (Å²) in [6.45, 7) is 0. The maximum absolute atomic E-state index is 11.8. The summed E-state index contributed by atoms with van der Waals surface area (Å²) in [5.74, 6) is -0.208. The van der Waals surface area contributed by atoms with E-state index in [1.807, 2.05) is 0 Å². The van der Waals surface area contributed by atoms with Gasteiger partial charge in [-0.15, -0.1) is 0 Å². The number of hydrogen-bond acceptors (Lipinski definition) is 4. The molecule has 0 aliphatic carbocycles. The van der Waals surface area contributed by atoms with Gasteiger partial charge in [-0.3, -0.25) is 0 Å². The van der Waals surface area contributed by atoms with Crippen LogP contribution in [0.4, 0.5) is 0 Å². The first-order valence-corrected chi connectivity index (χ1v) is 7.74. The number of esters is 1. The van der Waals surface area contributed by atoms with Crippen LogP contribution in [-0.4, -0.2) is 5.97 Å². The van der Waals surface area contributed by atoms with Crippen LogP contribution in [0, 0.1) is 22.7 Å². The molecule has 0 aliphatic heterocycles. The maximum atomic E-state index is 11.8. The number of allylic oxidation sites excluding steroid dienone is 1. The van der Waals surface area contributed by atoms with Gasteiger partial charge in [0.15, 0.2) is 0 Å². The van der Waals surface area contributed by atoms with Crippen LogP contribution in [0.25, 0.3) is 12.2 Å². The summed E-state index contributed by atoms with van der Waals surface area (Å²) >= 11 is 11.7. The highest BCUT2D eigenvalue weighted by molar-refractivity contribution is 6.42. The molecular weight excluding hydrogens is 359 g/mol. The maximum Gasteiger partial charge on any atom is 0.336 e. The van der Waals surface area contributed by atoms with E-state index in [0.717, 1.165) is 0 Å². The fraction of sp³-hybridized carbons (Fsp3) is 0. The zero-order valence-corrected chi connectivity index (χ0v) is 14.3. The largest absolute Gasteiger partial charge is 0.423 e. The standard InChI is InChI=1S/C19H10Cl2N2O2/c20-17-7-3-14(10-18(17)21)4-8-19(24)25-16-5-1-13(2-6-16)9-15(11-22)12-23/h1-10H/b8-4+. The van der Waals surface area contributed by atoms with E-state index in [9.17, 15) is 4.79 Å². The van der Waals surface area contributed by atoms with E-state index < -0.39 is 5.97 Å². The predicted octanol–water partition coefficient (Wildman–Crippen LogP) is 5.04. The second kappa shape index (κ2) is 8.70. The first kappa shape index (κ1) is 18.3. The van der Waals surface area contributed by atoms with Gasteiger partial charge in [-0.1, -0.05) is 41.4 Å². The lowest BCUT2D eigenvalue weighted by molar-refractivity contribution is -0.128. The fourth-order valence-electron chi connectivity index (χ4n) is 1.82. The molecule has 2 rings (SSSR count). The lowest BCUT2D eigenvalue weighted by Crippen LogP contribution is -2.03. The summed E-state index contributed by atoms with van der Waals surface area (Å²) in [5, 5.41) is 18.3. The monoisotopic (exact) mass is 368 g/mol. The quantitative estimate of drug-likeness (QED) is 0.327. The minimum absolute atomic E-state index is 0.00527. The van der Waals surface area contributed by atoms with Gasteiger partial charge in [0, 0.05) is 6.08 Å². The molecule has 0 N–H and O–H groups in total. The van der Waals surface area contributed by atoms with Gasteiger partial charge in [-0.25, -0.2) is 4.79 Å². The van der Waals surface area contributed by atoms with E-state index in [-0.39, 0.29) is 5.57 Å². The van der Waals surface area contributed by atoms with Crippen LogP contribution in [0.3, 0.4) is 0 Å². The van der Waals surface area contributed by atoms with Crippen molar-refractivity contribution in [2.24, 2.45) is 0 Å². The number of rotatable bonds is 4. The number of nitrogens with zero attached hydrogens (tertiary/aromatic N) is 2. The van der Waals surface area contributed by atoms with Gasteiger partial charge >= 0.3 is 5.97 Å². The molecule has 122 valence electrons. The molecule has 0 aliphatic rings. The van der Waals surface area contributed by atoms with Crippen LogP contribution in [0.2, 0.25) is 10.0 Å². The number of carbonyl (C=O) groups excluding carboxylic acids is 1. The van der Waals surface area contributed by atoms with Crippen LogP contribution < -0.4 is 4.74 Å². The van der Waals surface area contributed by atoms with Crippen molar-refractivity contribution in [1.82, 2.24) is 0 Å². The van der Waals surface area contributed by atoms with Gasteiger partial charge in [0.1, 0.15) is 23.5 Å². The molecule has 0 bridgehead atoms. The van der Waals surface area contributed by atoms with Crippen molar-refractivity contribution in [3.8, 4) is 17.9 Å². The summed E-state index contributed by atoms with van der Waals surface area (Å²) in [6.07, 6.45) is 4.28. The third-order valence-electron chi connectivity index (χ3n) is 3.01. The molecule has 25 heavy (non-hydrogen) atoms. The summed E-state index contributed by atoms with van der Waals surface area (Å²) < 4.78 is 5.17. The van der Waals surface area contributed by atoms with Gasteiger partial charge < -0.3 is 4.74 Å². The minimum Gasteiger partial charge on any atom is -0.423 e. The molecule has 0 saturated carbocycles. The Labute approximate surface area is 154 Å². The van der Waals surface area contributed by atoms with Crippen LogP contribution in [-0.2, 0) is 4.79 Å². The van der Waals surface area contributed by atoms with Crippen LogP contribution in [0.1, 0.15) is 11.1 Å². The summed E-state index contributed by atoms with van der Waals surface area (Å²) in [7, 11) is 0. The van der Waals surface area contributed by atoms with E-state index >= 15 is 0 Å². The molecule has 0 aromatic heterocycles. The van der Waals surface area contributed by atoms with E-state index in [1.165, 1.54) is 12.2 Å². The number of ether oxygens (including phenoxy) is 1. The van der Waals surface area contributed by atoms with Gasteiger partial charge in [0.25, 0.3) is 0 Å². The normalized spacial score (nSPS) is 9.92. The highest BCUT2D eigenvalue weighted by atomic mass is 35.5. The van der Waals surface area contributed by atoms with Crippen molar-refractivity contribution >= 4 is 41.3 Å². The summed E-state index contributed by atoms with van der Waals surface area (Å²) in [5.41, 5.74) is 1.37. The van der Waals surface area contributed by atoms with Gasteiger partial charge in [-0.05, 0) is 47.5 Å². The van der Waals surface area contributed by atoms with Crippen molar-refractivity contribution in [3.05, 3.63) is 75.3 Å². The molecule has 0 fully saturated rings. The van der Waals surface area contributed by atoms with Crippen LogP contribution >= 0.6 is 23.2 Å². The Morgan fingerprint density at radius 1 is 0.960 bits per heavy atom. The number of benzene rings is 2. The van der Waals surface area contributed by atoms with Gasteiger partial charge in [0.05, 0.1) is 10.0 Å². The molecule has 4 nitrogen and oxygen atoms in total. The van der Waals surface area contributed by atoms with Gasteiger partial charge in [-0.2, -0.15) is 10.5 Å². The Morgan fingerprint density at radius 3 is 2.20 bits per heavy atom. The number of carbonyl (C=O) groups is 1. The van der Waals surface area contributed by atoms with Crippen molar-refractivity contribution < 1.29 is 9.53 Å². The molecule has 0 saturated heterocycles. The summed E-state index contributed by atoms with van der Waals surface area (Å²) in [4.78, 5) is 11.8. The molecular formula is C19H10Cl2N2O2. The molecule has 2 aromatic rings. The third kappa shape index (κ3) is 5.51. The third-order valence-corrected chi connectivity index (χ3v) is 3.75. The number of nitriles is 2. The van der Waals surface area contributed by atoms with Crippen LogP contribution in [0.15, 0.2) is 54.1 Å². The van der Waals surface area contributed by atoms with E-state index in [4.69, 9.17) is 38.5 Å². The Kier molecular flexibility index (Phi) is 6.37. The van der Waals surface area contributed by atoms with E-state index in [2.05, 4.69) is 0 Å². The number of hydrogen-bond donors (Lipinski definition) is 0. The highest BCUT2D eigenvalue weighted by Crippen LogP contribution is 2.23. The van der Waals surface area contributed by atoms with E-state index in [0.29, 0.717) is 26.9 Å². The molecule has 0 spiro atoms. The van der Waals surface area contributed by atoms with Crippen molar-refractivity contribution in [3.63, 3.8) is 0 Å². The zero-order valence-electron chi connectivity index (χ0n) is 12.7.